The van der Waals surface area contributed by atoms with Crippen molar-refractivity contribution in [3.05, 3.63) is 17.2 Å². The number of carbonyl (C=O) groups is 1. The molecule has 1 saturated carbocycles. The maximum Gasteiger partial charge on any atom is 0.343 e. The Morgan fingerprint density at radius 3 is 2.23 bits per heavy atom. The summed E-state index contributed by atoms with van der Waals surface area (Å²) < 4.78 is 26.9. The predicted octanol–water partition coefficient (Wildman–Crippen LogP) is 3.62. The van der Waals surface area contributed by atoms with Gasteiger partial charge in [0.25, 0.3) is 0 Å². The number of rotatable bonds is 10. The maximum absolute atomic E-state index is 11.9. The largest absolute Gasteiger partial charge is 0.492 e. The van der Waals surface area contributed by atoms with E-state index in [4.69, 9.17) is 23.7 Å². The first-order valence-corrected chi connectivity index (χ1v) is 8.85. The highest BCUT2D eigenvalue weighted by Crippen LogP contribution is 2.40. The van der Waals surface area contributed by atoms with Gasteiger partial charge < -0.3 is 28.8 Å². The smallest absolute Gasteiger partial charge is 0.343 e. The average molecular weight is 368 g/mol. The molecular formula is C19H28O7. The molecule has 1 N–H and O–H groups in total. The third-order valence-corrected chi connectivity index (χ3v) is 4.51. The Kier molecular flexibility index (Phi) is 8.00. The van der Waals surface area contributed by atoms with Crippen LogP contribution in [-0.4, -0.2) is 45.5 Å². The molecule has 0 aromatic heterocycles. The van der Waals surface area contributed by atoms with Crippen LogP contribution in [0.15, 0.2) is 6.07 Å². The van der Waals surface area contributed by atoms with Gasteiger partial charge in [0.15, 0.2) is 13.6 Å². The second-order valence-corrected chi connectivity index (χ2v) is 6.42. The molecule has 2 rings (SSSR count). The zero-order valence-electron chi connectivity index (χ0n) is 15.7. The SMILES string of the molecule is COCOc1cc(OCOC)c(C(=O)O)c(OCC2CCCCC2)c1C. The molecule has 0 heterocycles. The zero-order valence-corrected chi connectivity index (χ0v) is 15.7. The number of hydrogen-bond donors (Lipinski definition) is 1. The first-order valence-electron chi connectivity index (χ1n) is 8.85. The summed E-state index contributed by atoms with van der Waals surface area (Å²) in [6, 6.07) is 1.53. The predicted molar refractivity (Wildman–Crippen MR) is 95.2 cm³/mol. The van der Waals surface area contributed by atoms with E-state index in [9.17, 15) is 9.90 Å². The summed E-state index contributed by atoms with van der Waals surface area (Å²) in [5, 5.41) is 9.71. The van der Waals surface area contributed by atoms with Crippen molar-refractivity contribution in [3.8, 4) is 17.2 Å². The van der Waals surface area contributed by atoms with Gasteiger partial charge in [0.1, 0.15) is 22.8 Å². The molecule has 1 aromatic carbocycles. The molecule has 1 aliphatic carbocycles. The van der Waals surface area contributed by atoms with Gasteiger partial charge in [0, 0.05) is 25.8 Å². The Morgan fingerprint density at radius 1 is 1.04 bits per heavy atom. The fourth-order valence-corrected chi connectivity index (χ4v) is 3.16. The Labute approximate surface area is 154 Å². The maximum atomic E-state index is 11.9. The van der Waals surface area contributed by atoms with E-state index in [1.54, 1.807) is 6.92 Å². The summed E-state index contributed by atoms with van der Waals surface area (Å²) >= 11 is 0. The monoisotopic (exact) mass is 368 g/mol. The van der Waals surface area contributed by atoms with Crippen molar-refractivity contribution in [1.29, 1.82) is 0 Å². The van der Waals surface area contributed by atoms with Gasteiger partial charge in [0.2, 0.25) is 0 Å². The number of methoxy groups -OCH3 is 2. The van der Waals surface area contributed by atoms with Gasteiger partial charge in [-0.25, -0.2) is 4.79 Å². The molecule has 1 aromatic rings. The van der Waals surface area contributed by atoms with Crippen LogP contribution in [0.3, 0.4) is 0 Å². The molecule has 0 spiro atoms. The first kappa shape index (κ1) is 20.3. The second-order valence-electron chi connectivity index (χ2n) is 6.42. The Hall–Kier alpha value is -1.99. The van der Waals surface area contributed by atoms with Crippen LogP contribution < -0.4 is 14.2 Å². The molecular weight excluding hydrogens is 340 g/mol. The van der Waals surface area contributed by atoms with Crippen molar-refractivity contribution < 1.29 is 33.6 Å². The van der Waals surface area contributed by atoms with Crippen LogP contribution in [0.4, 0.5) is 0 Å². The highest BCUT2D eigenvalue weighted by atomic mass is 16.7. The molecule has 0 bridgehead atoms. The summed E-state index contributed by atoms with van der Waals surface area (Å²) in [6.07, 6.45) is 5.85. The van der Waals surface area contributed by atoms with E-state index in [1.165, 1.54) is 39.5 Å². The van der Waals surface area contributed by atoms with Gasteiger partial charge in [-0.1, -0.05) is 19.3 Å². The lowest BCUT2D eigenvalue weighted by Gasteiger charge is -2.24. The molecule has 7 nitrogen and oxygen atoms in total. The third kappa shape index (κ3) is 5.25. The molecule has 0 saturated heterocycles. The lowest BCUT2D eigenvalue weighted by molar-refractivity contribution is 0.0435. The van der Waals surface area contributed by atoms with Crippen molar-refractivity contribution in [2.24, 2.45) is 5.92 Å². The molecule has 26 heavy (non-hydrogen) atoms. The van der Waals surface area contributed by atoms with Crippen LogP contribution in [0.25, 0.3) is 0 Å². The van der Waals surface area contributed by atoms with Gasteiger partial charge in [0.05, 0.1) is 6.61 Å². The van der Waals surface area contributed by atoms with E-state index in [0.29, 0.717) is 23.8 Å². The van der Waals surface area contributed by atoms with Crippen LogP contribution >= 0.6 is 0 Å². The summed E-state index contributed by atoms with van der Waals surface area (Å²) in [6.45, 7) is 2.22. The number of ether oxygens (including phenoxy) is 5. The summed E-state index contributed by atoms with van der Waals surface area (Å²) in [4.78, 5) is 11.9. The molecule has 0 aliphatic heterocycles. The third-order valence-electron chi connectivity index (χ3n) is 4.51. The van der Waals surface area contributed by atoms with E-state index < -0.39 is 5.97 Å². The van der Waals surface area contributed by atoms with Gasteiger partial charge in [-0.05, 0) is 25.7 Å². The quantitative estimate of drug-likeness (QED) is 0.632. The standard InChI is InChI=1S/C19H28O7/c1-13-15(25-11-22-2)9-16(26-12-23-3)17(19(20)21)18(13)24-10-14-7-5-4-6-8-14/h9,14H,4-8,10-12H2,1-3H3,(H,20,21). The normalized spacial score (nSPS) is 14.9. The minimum absolute atomic E-state index is 0.0138. The Bertz CT molecular complexity index is 594. The topological polar surface area (TPSA) is 83.5 Å². The summed E-state index contributed by atoms with van der Waals surface area (Å²) in [5.41, 5.74) is 0.597. The molecule has 146 valence electrons. The Balaban J connectivity index is 2.33. The van der Waals surface area contributed by atoms with Crippen molar-refractivity contribution in [2.75, 3.05) is 34.4 Å². The second kappa shape index (κ2) is 10.2. The van der Waals surface area contributed by atoms with Gasteiger partial charge >= 0.3 is 5.97 Å². The van der Waals surface area contributed by atoms with Crippen molar-refractivity contribution in [3.63, 3.8) is 0 Å². The van der Waals surface area contributed by atoms with Crippen molar-refractivity contribution >= 4 is 5.97 Å². The number of carboxylic acid groups (broad SMARTS) is 1. The molecule has 1 aliphatic rings. The van der Waals surface area contributed by atoms with E-state index in [2.05, 4.69) is 0 Å². The van der Waals surface area contributed by atoms with E-state index in [1.807, 2.05) is 0 Å². The average Bonchev–Trinajstić information content (AvgIpc) is 2.65. The fraction of sp³-hybridized carbons (Fsp3) is 0.632. The minimum atomic E-state index is -1.11. The van der Waals surface area contributed by atoms with Crippen molar-refractivity contribution in [2.45, 2.75) is 39.0 Å². The molecule has 0 radical (unpaired) electrons. The number of hydrogen-bond acceptors (Lipinski definition) is 6. The number of aromatic carboxylic acids is 1. The van der Waals surface area contributed by atoms with Crippen LogP contribution in [0.2, 0.25) is 0 Å². The number of benzene rings is 1. The van der Waals surface area contributed by atoms with Gasteiger partial charge in [-0.2, -0.15) is 0 Å². The fourth-order valence-electron chi connectivity index (χ4n) is 3.16. The minimum Gasteiger partial charge on any atom is -0.492 e. The van der Waals surface area contributed by atoms with Crippen LogP contribution in [0, 0.1) is 12.8 Å². The van der Waals surface area contributed by atoms with Crippen molar-refractivity contribution in [1.82, 2.24) is 0 Å². The van der Waals surface area contributed by atoms with Gasteiger partial charge in [-0.15, -0.1) is 0 Å². The zero-order chi connectivity index (χ0) is 18.9. The Morgan fingerprint density at radius 2 is 1.65 bits per heavy atom. The van der Waals surface area contributed by atoms with E-state index in [-0.39, 0.29) is 30.6 Å². The van der Waals surface area contributed by atoms with E-state index >= 15 is 0 Å². The molecule has 0 amide bonds. The highest BCUT2D eigenvalue weighted by molar-refractivity contribution is 5.95. The van der Waals surface area contributed by atoms with Crippen LogP contribution in [0.5, 0.6) is 17.2 Å². The van der Waals surface area contributed by atoms with E-state index in [0.717, 1.165) is 12.8 Å². The molecule has 7 heteroatoms. The summed E-state index contributed by atoms with van der Waals surface area (Å²) in [7, 11) is 2.99. The molecule has 0 atom stereocenters. The van der Waals surface area contributed by atoms with Crippen LogP contribution in [0.1, 0.15) is 48.0 Å². The molecule has 0 unspecified atom stereocenters. The summed E-state index contributed by atoms with van der Waals surface area (Å²) in [5.74, 6) is 0.215. The van der Waals surface area contributed by atoms with Gasteiger partial charge in [-0.3, -0.25) is 0 Å². The first-order chi connectivity index (χ1) is 12.6. The lowest BCUT2D eigenvalue weighted by Crippen LogP contribution is -2.18. The molecule has 1 fully saturated rings. The number of carboxylic acids is 1. The van der Waals surface area contributed by atoms with Crippen LogP contribution in [-0.2, 0) is 9.47 Å². The lowest BCUT2D eigenvalue weighted by atomic mass is 9.90. The highest BCUT2D eigenvalue weighted by Gasteiger charge is 2.25.